The van der Waals surface area contributed by atoms with Crippen LogP contribution in [0.4, 0.5) is 0 Å². The number of piperidine rings is 1. The summed E-state index contributed by atoms with van der Waals surface area (Å²) in [4.78, 5) is 13.9. The zero-order valence-electron chi connectivity index (χ0n) is 11.6. The Bertz CT molecular complexity index is 272. The van der Waals surface area contributed by atoms with Gasteiger partial charge >= 0.3 is 0 Å². The fourth-order valence-corrected chi connectivity index (χ4v) is 3.45. The van der Waals surface area contributed by atoms with Crippen LogP contribution >= 0.6 is 0 Å². The molecule has 1 N–H and O–H groups in total. The SMILES string of the molecule is CC1CCN(CC2(C=O)CCCCCC2)CC1O. The molecule has 18 heavy (non-hydrogen) atoms. The van der Waals surface area contributed by atoms with E-state index in [1.54, 1.807) is 0 Å². The third-order valence-corrected chi connectivity index (χ3v) is 4.89. The van der Waals surface area contributed by atoms with Gasteiger partial charge in [-0.1, -0.05) is 32.6 Å². The van der Waals surface area contributed by atoms with Gasteiger partial charge in [-0.2, -0.15) is 0 Å². The predicted octanol–water partition coefficient (Wildman–Crippen LogP) is 2.23. The predicted molar refractivity (Wildman–Crippen MR) is 72.4 cm³/mol. The van der Waals surface area contributed by atoms with Gasteiger partial charge in [-0.05, 0) is 31.7 Å². The van der Waals surface area contributed by atoms with E-state index < -0.39 is 0 Å². The average Bonchev–Trinajstić information content (AvgIpc) is 2.60. The van der Waals surface area contributed by atoms with Crippen molar-refractivity contribution in [2.24, 2.45) is 11.3 Å². The van der Waals surface area contributed by atoms with Gasteiger partial charge in [0.2, 0.25) is 0 Å². The van der Waals surface area contributed by atoms with Crippen molar-refractivity contribution in [1.82, 2.24) is 4.90 Å². The maximum atomic E-state index is 11.6. The average molecular weight is 253 g/mol. The molecule has 1 heterocycles. The number of rotatable bonds is 3. The van der Waals surface area contributed by atoms with Gasteiger partial charge in [0.05, 0.1) is 6.10 Å². The Balaban J connectivity index is 1.95. The summed E-state index contributed by atoms with van der Waals surface area (Å²) in [6, 6.07) is 0. The molecule has 1 aliphatic carbocycles. The molecule has 2 rings (SSSR count). The second-order valence-electron chi connectivity index (χ2n) is 6.46. The summed E-state index contributed by atoms with van der Waals surface area (Å²) < 4.78 is 0. The Morgan fingerprint density at radius 2 is 1.94 bits per heavy atom. The number of likely N-dealkylation sites (tertiary alicyclic amines) is 1. The number of carbonyl (C=O) groups excluding carboxylic acids is 1. The third-order valence-electron chi connectivity index (χ3n) is 4.89. The summed E-state index contributed by atoms with van der Waals surface area (Å²) in [5.74, 6) is 0.405. The van der Waals surface area contributed by atoms with E-state index in [9.17, 15) is 9.90 Å². The Hall–Kier alpha value is -0.410. The number of carbonyl (C=O) groups is 1. The molecule has 0 spiro atoms. The van der Waals surface area contributed by atoms with Gasteiger partial charge in [0.1, 0.15) is 6.29 Å². The van der Waals surface area contributed by atoms with E-state index in [0.29, 0.717) is 5.92 Å². The molecule has 0 bridgehead atoms. The summed E-state index contributed by atoms with van der Waals surface area (Å²) in [6.07, 6.45) is 9.05. The van der Waals surface area contributed by atoms with Crippen LogP contribution in [-0.4, -0.2) is 42.0 Å². The number of aldehydes is 1. The van der Waals surface area contributed by atoms with Gasteiger partial charge in [-0.25, -0.2) is 0 Å². The zero-order chi connectivity index (χ0) is 13.0. The van der Waals surface area contributed by atoms with E-state index in [2.05, 4.69) is 11.8 Å². The molecule has 0 aromatic rings. The molecule has 2 aliphatic rings. The van der Waals surface area contributed by atoms with Crippen molar-refractivity contribution in [2.75, 3.05) is 19.6 Å². The number of hydrogen-bond donors (Lipinski definition) is 1. The van der Waals surface area contributed by atoms with Crippen molar-refractivity contribution in [3.8, 4) is 0 Å². The largest absolute Gasteiger partial charge is 0.392 e. The summed E-state index contributed by atoms with van der Waals surface area (Å²) >= 11 is 0. The maximum absolute atomic E-state index is 11.6. The van der Waals surface area contributed by atoms with Crippen molar-refractivity contribution in [3.63, 3.8) is 0 Å². The highest BCUT2D eigenvalue weighted by molar-refractivity contribution is 5.59. The summed E-state index contributed by atoms with van der Waals surface area (Å²) in [7, 11) is 0. The van der Waals surface area contributed by atoms with E-state index >= 15 is 0 Å². The minimum absolute atomic E-state index is 0.128. The van der Waals surface area contributed by atoms with E-state index in [4.69, 9.17) is 0 Å². The van der Waals surface area contributed by atoms with Crippen LogP contribution in [-0.2, 0) is 4.79 Å². The summed E-state index contributed by atoms with van der Waals surface area (Å²) in [5, 5.41) is 9.96. The van der Waals surface area contributed by atoms with Gasteiger partial charge in [-0.3, -0.25) is 4.90 Å². The summed E-state index contributed by atoms with van der Waals surface area (Å²) in [6.45, 7) is 4.76. The van der Waals surface area contributed by atoms with Crippen molar-refractivity contribution < 1.29 is 9.90 Å². The Labute approximate surface area is 111 Å². The van der Waals surface area contributed by atoms with Crippen LogP contribution in [0.5, 0.6) is 0 Å². The molecular weight excluding hydrogens is 226 g/mol. The van der Waals surface area contributed by atoms with Gasteiger partial charge in [0.15, 0.2) is 0 Å². The van der Waals surface area contributed by atoms with E-state index in [0.717, 1.165) is 38.9 Å². The number of aliphatic hydroxyl groups is 1. The van der Waals surface area contributed by atoms with Crippen LogP contribution in [0.3, 0.4) is 0 Å². The molecular formula is C15H27NO2. The van der Waals surface area contributed by atoms with Crippen molar-refractivity contribution in [3.05, 3.63) is 0 Å². The second kappa shape index (κ2) is 6.16. The molecule has 2 atom stereocenters. The third kappa shape index (κ3) is 3.33. The zero-order valence-corrected chi connectivity index (χ0v) is 11.6. The molecule has 104 valence electrons. The quantitative estimate of drug-likeness (QED) is 0.619. The van der Waals surface area contributed by atoms with Crippen molar-refractivity contribution in [2.45, 2.75) is 58.0 Å². The first-order valence-electron chi connectivity index (χ1n) is 7.52. The molecule has 3 heteroatoms. The first kappa shape index (κ1) is 14.0. The van der Waals surface area contributed by atoms with Crippen LogP contribution in [0.2, 0.25) is 0 Å². The first-order chi connectivity index (χ1) is 8.65. The molecule has 2 fully saturated rings. The van der Waals surface area contributed by atoms with Gasteiger partial charge in [-0.15, -0.1) is 0 Å². The monoisotopic (exact) mass is 253 g/mol. The van der Waals surface area contributed by atoms with Crippen LogP contribution in [0.1, 0.15) is 51.9 Å². The van der Waals surface area contributed by atoms with Crippen LogP contribution in [0.25, 0.3) is 0 Å². The van der Waals surface area contributed by atoms with E-state index in [1.807, 2.05) is 0 Å². The molecule has 1 saturated carbocycles. The lowest BCUT2D eigenvalue weighted by molar-refractivity contribution is -0.119. The number of aliphatic hydroxyl groups excluding tert-OH is 1. The highest BCUT2D eigenvalue weighted by Gasteiger charge is 2.35. The molecule has 0 amide bonds. The van der Waals surface area contributed by atoms with Crippen molar-refractivity contribution >= 4 is 6.29 Å². The standard InChI is InChI=1S/C15H27NO2/c1-13-6-9-16(10-14(13)18)11-15(12-17)7-4-2-3-5-8-15/h12-14,18H,2-11H2,1H3. The molecule has 0 radical (unpaired) electrons. The highest BCUT2D eigenvalue weighted by atomic mass is 16.3. The molecule has 2 unspecified atom stereocenters. The van der Waals surface area contributed by atoms with E-state index in [1.165, 1.54) is 32.0 Å². The van der Waals surface area contributed by atoms with E-state index in [-0.39, 0.29) is 11.5 Å². The van der Waals surface area contributed by atoms with Crippen molar-refractivity contribution in [1.29, 1.82) is 0 Å². The second-order valence-corrected chi connectivity index (χ2v) is 6.46. The molecule has 1 saturated heterocycles. The molecule has 0 aromatic heterocycles. The normalized spacial score (nSPS) is 33.9. The Kier molecular flexibility index (Phi) is 4.79. The number of nitrogens with zero attached hydrogens (tertiary/aromatic N) is 1. The number of hydrogen-bond acceptors (Lipinski definition) is 3. The first-order valence-corrected chi connectivity index (χ1v) is 7.52. The van der Waals surface area contributed by atoms with Crippen LogP contribution < -0.4 is 0 Å². The van der Waals surface area contributed by atoms with Crippen LogP contribution in [0, 0.1) is 11.3 Å². The Morgan fingerprint density at radius 1 is 1.28 bits per heavy atom. The fourth-order valence-electron chi connectivity index (χ4n) is 3.45. The minimum Gasteiger partial charge on any atom is -0.392 e. The smallest absolute Gasteiger partial charge is 0.127 e. The number of β-amino-alcohol motifs (C(OH)–C–C–N with tert-alkyl or cyclic N) is 1. The molecule has 0 aromatic carbocycles. The van der Waals surface area contributed by atoms with Gasteiger partial charge in [0.25, 0.3) is 0 Å². The minimum atomic E-state index is -0.215. The summed E-state index contributed by atoms with van der Waals surface area (Å²) in [5.41, 5.74) is -0.128. The maximum Gasteiger partial charge on any atom is 0.127 e. The highest BCUT2D eigenvalue weighted by Crippen LogP contribution is 2.35. The topological polar surface area (TPSA) is 40.5 Å². The lowest BCUT2D eigenvalue weighted by Gasteiger charge is -2.39. The van der Waals surface area contributed by atoms with Gasteiger partial charge < -0.3 is 9.90 Å². The Morgan fingerprint density at radius 3 is 2.50 bits per heavy atom. The lowest BCUT2D eigenvalue weighted by atomic mass is 9.80. The molecule has 1 aliphatic heterocycles. The van der Waals surface area contributed by atoms with Gasteiger partial charge in [0, 0.05) is 18.5 Å². The lowest BCUT2D eigenvalue weighted by Crippen LogP contribution is -2.48. The fraction of sp³-hybridized carbons (Fsp3) is 0.933. The van der Waals surface area contributed by atoms with Crippen LogP contribution in [0.15, 0.2) is 0 Å². The molecule has 3 nitrogen and oxygen atoms in total.